The summed E-state index contributed by atoms with van der Waals surface area (Å²) in [6, 6.07) is 7.53. The van der Waals surface area contributed by atoms with E-state index in [-0.39, 0.29) is 12.4 Å². The van der Waals surface area contributed by atoms with Crippen LogP contribution in [0.2, 0.25) is 0 Å². The van der Waals surface area contributed by atoms with E-state index in [9.17, 15) is 0 Å². The average Bonchev–Trinajstić information content (AvgIpc) is 2.34. The van der Waals surface area contributed by atoms with Gasteiger partial charge in [-0.1, -0.05) is 23.8 Å². The lowest BCUT2D eigenvalue weighted by atomic mass is 10.0. The highest BCUT2D eigenvalue weighted by Crippen LogP contribution is 2.17. The number of aryl methyl sites for hydroxylation is 2. The van der Waals surface area contributed by atoms with E-state index in [0.29, 0.717) is 0 Å². The van der Waals surface area contributed by atoms with E-state index >= 15 is 0 Å². The lowest BCUT2D eigenvalue weighted by molar-refractivity contribution is 0.194. The van der Waals surface area contributed by atoms with E-state index in [2.05, 4.69) is 49.3 Å². The molecule has 102 valence electrons. The smallest absolute Gasteiger partial charge is 0.0236 e. The largest absolute Gasteiger partial charge is 0.317 e. The SMILES string of the molecule is CNC1CCN(Cc2ccc(C)cc2C)CC1.Cl. The van der Waals surface area contributed by atoms with Gasteiger partial charge in [0, 0.05) is 12.6 Å². The molecule has 0 atom stereocenters. The van der Waals surface area contributed by atoms with E-state index in [0.717, 1.165) is 12.6 Å². The molecule has 0 saturated carbocycles. The molecule has 1 aliphatic heterocycles. The molecule has 0 amide bonds. The summed E-state index contributed by atoms with van der Waals surface area (Å²) in [7, 11) is 2.07. The molecule has 1 N–H and O–H groups in total. The van der Waals surface area contributed by atoms with Crippen molar-refractivity contribution in [1.82, 2.24) is 10.2 Å². The van der Waals surface area contributed by atoms with Gasteiger partial charge in [-0.05, 0) is 58.0 Å². The van der Waals surface area contributed by atoms with Crippen LogP contribution in [0.5, 0.6) is 0 Å². The van der Waals surface area contributed by atoms with Crippen molar-refractivity contribution in [2.24, 2.45) is 0 Å². The van der Waals surface area contributed by atoms with Gasteiger partial charge in [-0.25, -0.2) is 0 Å². The van der Waals surface area contributed by atoms with Crippen LogP contribution >= 0.6 is 12.4 Å². The summed E-state index contributed by atoms with van der Waals surface area (Å²) in [4.78, 5) is 2.57. The molecular weight excluding hydrogens is 244 g/mol. The Labute approximate surface area is 117 Å². The molecule has 0 aromatic heterocycles. The fourth-order valence-electron chi connectivity index (χ4n) is 2.64. The van der Waals surface area contributed by atoms with Crippen LogP contribution in [-0.2, 0) is 6.54 Å². The predicted octanol–water partition coefficient (Wildman–Crippen LogP) is 2.91. The molecule has 0 radical (unpaired) electrons. The Kier molecular flexibility index (Phi) is 6.13. The molecule has 1 saturated heterocycles. The molecule has 0 unspecified atom stereocenters. The topological polar surface area (TPSA) is 15.3 Å². The van der Waals surface area contributed by atoms with Gasteiger partial charge in [-0.15, -0.1) is 12.4 Å². The third-order valence-corrected chi connectivity index (χ3v) is 3.89. The first kappa shape index (κ1) is 15.5. The molecule has 0 bridgehead atoms. The lowest BCUT2D eigenvalue weighted by Gasteiger charge is -2.32. The Hall–Kier alpha value is -0.570. The van der Waals surface area contributed by atoms with Crippen molar-refractivity contribution in [1.29, 1.82) is 0 Å². The molecule has 1 aromatic carbocycles. The first-order valence-corrected chi connectivity index (χ1v) is 6.65. The van der Waals surface area contributed by atoms with E-state index < -0.39 is 0 Å². The van der Waals surface area contributed by atoms with E-state index in [4.69, 9.17) is 0 Å². The van der Waals surface area contributed by atoms with Gasteiger partial charge in [0.25, 0.3) is 0 Å². The monoisotopic (exact) mass is 268 g/mol. The molecule has 1 fully saturated rings. The molecule has 3 heteroatoms. The van der Waals surface area contributed by atoms with Crippen LogP contribution < -0.4 is 5.32 Å². The van der Waals surface area contributed by atoms with E-state index in [1.807, 2.05) is 0 Å². The average molecular weight is 269 g/mol. The van der Waals surface area contributed by atoms with Crippen molar-refractivity contribution >= 4 is 12.4 Å². The van der Waals surface area contributed by atoms with Crippen molar-refractivity contribution < 1.29 is 0 Å². The Morgan fingerprint density at radius 3 is 2.44 bits per heavy atom. The first-order valence-electron chi connectivity index (χ1n) is 6.65. The number of piperidine rings is 1. The van der Waals surface area contributed by atoms with Gasteiger partial charge in [-0.3, -0.25) is 4.90 Å². The van der Waals surface area contributed by atoms with Crippen molar-refractivity contribution in [2.75, 3.05) is 20.1 Å². The first-order chi connectivity index (χ1) is 8.19. The van der Waals surface area contributed by atoms with Crippen LogP contribution in [0, 0.1) is 13.8 Å². The maximum Gasteiger partial charge on any atom is 0.0236 e. The number of nitrogens with zero attached hydrogens (tertiary/aromatic N) is 1. The number of rotatable bonds is 3. The van der Waals surface area contributed by atoms with Crippen LogP contribution in [-0.4, -0.2) is 31.1 Å². The molecule has 0 spiro atoms. The summed E-state index contributed by atoms with van der Waals surface area (Å²) in [5.41, 5.74) is 4.28. The van der Waals surface area contributed by atoms with Gasteiger partial charge in [0.2, 0.25) is 0 Å². The van der Waals surface area contributed by atoms with Crippen molar-refractivity contribution in [3.8, 4) is 0 Å². The van der Waals surface area contributed by atoms with Crippen LogP contribution in [0.3, 0.4) is 0 Å². The number of nitrogens with one attached hydrogen (secondary N) is 1. The number of hydrogen-bond acceptors (Lipinski definition) is 2. The Morgan fingerprint density at radius 1 is 1.22 bits per heavy atom. The molecule has 2 nitrogen and oxygen atoms in total. The number of benzene rings is 1. The summed E-state index contributed by atoms with van der Waals surface area (Å²) in [6.07, 6.45) is 2.56. The molecule has 1 heterocycles. The maximum absolute atomic E-state index is 3.38. The summed E-state index contributed by atoms with van der Waals surface area (Å²) in [5, 5.41) is 3.38. The second-order valence-corrected chi connectivity index (χ2v) is 5.27. The minimum atomic E-state index is 0. The van der Waals surface area contributed by atoms with Gasteiger partial charge in [-0.2, -0.15) is 0 Å². The minimum Gasteiger partial charge on any atom is -0.317 e. The number of halogens is 1. The third kappa shape index (κ3) is 3.98. The zero-order valence-electron chi connectivity index (χ0n) is 11.7. The van der Waals surface area contributed by atoms with Crippen LogP contribution in [0.4, 0.5) is 0 Å². The molecule has 1 aliphatic rings. The Bertz CT molecular complexity index is 371. The zero-order chi connectivity index (χ0) is 12.3. The molecule has 0 aliphatic carbocycles. The molecule has 1 aromatic rings. The third-order valence-electron chi connectivity index (χ3n) is 3.89. The van der Waals surface area contributed by atoms with Gasteiger partial charge in [0.1, 0.15) is 0 Å². The lowest BCUT2D eigenvalue weighted by Crippen LogP contribution is -2.40. The number of likely N-dealkylation sites (tertiary alicyclic amines) is 1. The summed E-state index contributed by atoms with van der Waals surface area (Å²) < 4.78 is 0. The van der Waals surface area contributed by atoms with Crippen molar-refractivity contribution in [2.45, 2.75) is 39.3 Å². The fourth-order valence-corrected chi connectivity index (χ4v) is 2.64. The summed E-state index contributed by atoms with van der Waals surface area (Å²) in [5.74, 6) is 0. The quantitative estimate of drug-likeness (QED) is 0.907. The fraction of sp³-hybridized carbons (Fsp3) is 0.600. The predicted molar refractivity (Wildman–Crippen MR) is 80.5 cm³/mol. The van der Waals surface area contributed by atoms with Gasteiger partial charge < -0.3 is 5.32 Å². The highest BCUT2D eigenvalue weighted by atomic mass is 35.5. The van der Waals surface area contributed by atoms with Crippen LogP contribution in [0.25, 0.3) is 0 Å². The van der Waals surface area contributed by atoms with Crippen LogP contribution in [0.1, 0.15) is 29.5 Å². The highest BCUT2D eigenvalue weighted by Gasteiger charge is 2.17. The summed E-state index contributed by atoms with van der Waals surface area (Å²) >= 11 is 0. The van der Waals surface area contributed by atoms with E-state index in [1.54, 1.807) is 0 Å². The van der Waals surface area contributed by atoms with Crippen molar-refractivity contribution in [3.63, 3.8) is 0 Å². The van der Waals surface area contributed by atoms with Gasteiger partial charge in [0.15, 0.2) is 0 Å². The van der Waals surface area contributed by atoms with Gasteiger partial charge >= 0.3 is 0 Å². The zero-order valence-corrected chi connectivity index (χ0v) is 12.5. The summed E-state index contributed by atoms with van der Waals surface area (Å²) in [6.45, 7) is 7.94. The normalized spacial score (nSPS) is 17.5. The minimum absolute atomic E-state index is 0. The Balaban J connectivity index is 0.00000162. The van der Waals surface area contributed by atoms with Crippen molar-refractivity contribution in [3.05, 3.63) is 34.9 Å². The second-order valence-electron chi connectivity index (χ2n) is 5.27. The van der Waals surface area contributed by atoms with Crippen LogP contribution in [0.15, 0.2) is 18.2 Å². The molecular formula is C15H25ClN2. The highest BCUT2D eigenvalue weighted by molar-refractivity contribution is 5.85. The number of hydrogen-bond donors (Lipinski definition) is 1. The molecule has 2 rings (SSSR count). The molecule has 18 heavy (non-hydrogen) atoms. The standard InChI is InChI=1S/C15H24N2.ClH/c1-12-4-5-14(13(2)10-12)11-17-8-6-15(16-3)7-9-17;/h4-5,10,15-16H,6-9,11H2,1-3H3;1H. The van der Waals surface area contributed by atoms with Gasteiger partial charge in [0.05, 0.1) is 0 Å². The van der Waals surface area contributed by atoms with E-state index in [1.165, 1.54) is 42.6 Å². The second kappa shape index (κ2) is 7.13. The Morgan fingerprint density at radius 2 is 1.89 bits per heavy atom. The maximum atomic E-state index is 3.38.